The van der Waals surface area contributed by atoms with Crippen LogP contribution in [-0.2, 0) is 0 Å². The van der Waals surface area contributed by atoms with Gasteiger partial charge in [-0.05, 0) is 59.1 Å². The average molecular weight is 427 g/mol. The van der Waals surface area contributed by atoms with Crippen molar-refractivity contribution in [3.8, 4) is 0 Å². The molecule has 1 aliphatic heterocycles. The van der Waals surface area contributed by atoms with Gasteiger partial charge in [0.15, 0.2) is 0 Å². The zero-order valence-electron chi connectivity index (χ0n) is 14.6. The molecule has 2 heterocycles. The number of imidazole rings is 1. The molecule has 0 unspecified atom stereocenters. The number of aromatic nitrogens is 2. The number of nitrogens with zero attached hydrogens (tertiary/aromatic N) is 2. The number of nitrogens with one attached hydrogen (secondary N) is 2. The summed E-state index contributed by atoms with van der Waals surface area (Å²) >= 11 is 3.41. The van der Waals surface area contributed by atoms with Crippen LogP contribution in [0.15, 0.2) is 53.3 Å². The lowest BCUT2D eigenvalue weighted by Crippen LogP contribution is -2.46. The number of halogens is 1. The fraction of sp³-hybridized carbons (Fsp3) is 0.250. The summed E-state index contributed by atoms with van der Waals surface area (Å²) in [6.45, 7) is 1.25. The van der Waals surface area contributed by atoms with E-state index in [4.69, 9.17) is 0 Å². The number of H-pyrrole nitrogens is 1. The summed E-state index contributed by atoms with van der Waals surface area (Å²) < 4.78 is 0.782. The third kappa shape index (κ3) is 3.73. The van der Waals surface area contributed by atoms with Crippen LogP contribution in [-0.4, -0.2) is 45.8 Å². The van der Waals surface area contributed by atoms with Crippen molar-refractivity contribution in [1.29, 1.82) is 0 Å². The maximum atomic E-state index is 12.8. The van der Waals surface area contributed by atoms with Crippen LogP contribution < -0.4 is 5.32 Å². The molecule has 1 fully saturated rings. The fourth-order valence-corrected chi connectivity index (χ4v) is 3.85. The van der Waals surface area contributed by atoms with Gasteiger partial charge in [0.05, 0.1) is 22.9 Å². The van der Waals surface area contributed by atoms with E-state index < -0.39 is 0 Å². The van der Waals surface area contributed by atoms with Gasteiger partial charge in [-0.2, -0.15) is 0 Å². The van der Waals surface area contributed by atoms with Gasteiger partial charge < -0.3 is 15.2 Å². The fourth-order valence-electron chi connectivity index (χ4n) is 3.39. The Morgan fingerprint density at radius 2 is 1.93 bits per heavy atom. The minimum atomic E-state index is -0.0862. The lowest BCUT2D eigenvalue weighted by Gasteiger charge is -2.32. The van der Waals surface area contributed by atoms with E-state index in [-0.39, 0.29) is 17.9 Å². The molecule has 0 atom stereocenters. The summed E-state index contributed by atoms with van der Waals surface area (Å²) in [6.07, 6.45) is 3.11. The summed E-state index contributed by atoms with van der Waals surface area (Å²) in [5.41, 5.74) is 2.99. The summed E-state index contributed by atoms with van der Waals surface area (Å²) in [4.78, 5) is 34.3. The molecule has 3 aromatic rings. The summed E-state index contributed by atoms with van der Waals surface area (Å²) in [5, 5.41) is 3.08. The SMILES string of the molecule is O=C(NC1CCN(C(=O)c2ccc3nc[nH]c3c2)CC1)c1ccccc1Br. The molecule has 138 valence electrons. The van der Waals surface area contributed by atoms with E-state index in [1.54, 1.807) is 12.4 Å². The molecule has 0 bridgehead atoms. The Labute approximate surface area is 165 Å². The van der Waals surface area contributed by atoms with Crippen molar-refractivity contribution in [2.45, 2.75) is 18.9 Å². The van der Waals surface area contributed by atoms with Crippen LogP contribution in [0.4, 0.5) is 0 Å². The third-order valence-electron chi connectivity index (χ3n) is 4.90. The van der Waals surface area contributed by atoms with E-state index in [9.17, 15) is 9.59 Å². The number of likely N-dealkylation sites (tertiary alicyclic amines) is 1. The number of hydrogen-bond acceptors (Lipinski definition) is 3. The number of piperidine rings is 1. The molecular weight excluding hydrogens is 408 g/mol. The Morgan fingerprint density at radius 3 is 2.70 bits per heavy atom. The summed E-state index contributed by atoms with van der Waals surface area (Å²) in [7, 11) is 0. The number of amides is 2. The first-order valence-electron chi connectivity index (χ1n) is 8.89. The highest BCUT2D eigenvalue weighted by molar-refractivity contribution is 9.10. The smallest absolute Gasteiger partial charge is 0.253 e. The quantitative estimate of drug-likeness (QED) is 0.673. The van der Waals surface area contributed by atoms with Crippen molar-refractivity contribution in [3.63, 3.8) is 0 Å². The first kappa shape index (κ1) is 17.7. The largest absolute Gasteiger partial charge is 0.349 e. The van der Waals surface area contributed by atoms with Crippen molar-refractivity contribution in [2.24, 2.45) is 0 Å². The minimum absolute atomic E-state index is 0.0158. The second kappa shape index (κ2) is 7.52. The van der Waals surface area contributed by atoms with E-state index >= 15 is 0 Å². The van der Waals surface area contributed by atoms with Gasteiger partial charge in [-0.3, -0.25) is 9.59 Å². The van der Waals surface area contributed by atoms with Crippen LogP contribution in [0.5, 0.6) is 0 Å². The molecule has 1 saturated heterocycles. The highest BCUT2D eigenvalue weighted by Crippen LogP contribution is 2.19. The highest BCUT2D eigenvalue weighted by atomic mass is 79.9. The van der Waals surface area contributed by atoms with Gasteiger partial charge in [0.2, 0.25) is 0 Å². The Hall–Kier alpha value is -2.67. The van der Waals surface area contributed by atoms with Gasteiger partial charge in [0.25, 0.3) is 11.8 Å². The Kier molecular flexibility index (Phi) is 4.94. The van der Waals surface area contributed by atoms with Crippen molar-refractivity contribution in [1.82, 2.24) is 20.2 Å². The summed E-state index contributed by atoms with van der Waals surface area (Å²) in [6, 6.07) is 12.9. The number of fused-ring (bicyclic) bond motifs is 1. The first-order valence-corrected chi connectivity index (χ1v) is 9.69. The Bertz CT molecular complexity index is 992. The van der Waals surface area contributed by atoms with Crippen LogP contribution >= 0.6 is 15.9 Å². The molecule has 7 heteroatoms. The molecule has 2 N–H and O–H groups in total. The predicted molar refractivity (Wildman–Crippen MR) is 107 cm³/mol. The van der Waals surface area contributed by atoms with E-state index in [0.29, 0.717) is 24.2 Å². The van der Waals surface area contributed by atoms with Gasteiger partial charge in [0, 0.05) is 29.2 Å². The van der Waals surface area contributed by atoms with E-state index in [1.807, 2.05) is 41.3 Å². The van der Waals surface area contributed by atoms with Gasteiger partial charge in [0.1, 0.15) is 0 Å². The number of hydrogen-bond donors (Lipinski definition) is 2. The number of carbonyl (C=O) groups excluding carboxylic acids is 2. The summed E-state index contributed by atoms with van der Waals surface area (Å²) in [5.74, 6) is -0.0703. The lowest BCUT2D eigenvalue weighted by molar-refractivity contribution is 0.0698. The van der Waals surface area contributed by atoms with Gasteiger partial charge in [-0.15, -0.1) is 0 Å². The molecule has 0 radical (unpaired) electrons. The van der Waals surface area contributed by atoms with E-state index in [0.717, 1.165) is 28.3 Å². The average Bonchev–Trinajstić information content (AvgIpc) is 3.16. The molecule has 27 heavy (non-hydrogen) atoms. The molecule has 4 rings (SSSR count). The molecule has 1 aliphatic rings. The van der Waals surface area contributed by atoms with Crippen LogP contribution in [0.25, 0.3) is 11.0 Å². The van der Waals surface area contributed by atoms with E-state index in [2.05, 4.69) is 31.2 Å². The van der Waals surface area contributed by atoms with Gasteiger partial charge in [-0.25, -0.2) is 4.98 Å². The molecule has 0 spiro atoms. The topological polar surface area (TPSA) is 78.1 Å². The number of rotatable bonds is 3. The maximum Gasteiger partial charge on any atom is 0.253 e. The third-order valence-corrected chi connectivity index (χ3v) is 5.59. The van der Waals surface area contributed by atoms with Gasteiger partial charge >= 0.3 is 0 Å². The standard InChI is InChI=1S/C20H19BrN4O2/c21-16-4-2-1-3-15(16)19(26)24-14-7-9-25(10-8-14)20(27)13-5-6-17-18(11-13)23-12-22-17/h1-6,11-12,14H,7-10H2,(H,22,23)(H,24,26). The minimum Gasteiger partial charge on any atom is -0.349 e. The molecule has 0 aliphatic carbocycles. The molecule has 2 amide bonds. The first-order chi connectivity index (χ1) is 13.1. The van der Waals surface area contributed by atoms with Crippen molar-refractivity contribution in [3.05, 3.63) is 64.4 Å². The zero-order valence-corrected chi connectivity index (χ0v) is 16.2. The molecular formula is C20H19BrN4O2. The van der Waals surface area contributed by atoms with Crippen LogP contribution in [0.3, 0.4) is 0 Å². The molecule has 2 aromatic carbocycles. The van der Waals surface area contributed by atoms with Crippen LogP contribution in [0.1, 0.15) is 33.6 Å². The van der Waals surface area contributed by atoms with Crippen LogP contribution in [0, 0.1) is 0 Å². The van der Waals surface area contributed by atoms with Crippen molar-refractivity contribution < 1.29 is 9.59 Å². The van der Waals surface area contributed by atoms with Gasteiger partial charge in [-0.1, -0.05) is 12.1 Å². The number of benzene rings is 2. The monoisotopic (exact) mass is 426 g/mol. The molecule has 0 saturated carbocycles. The zero-order chi connectivity index (χ0) is 18.8. The number of aromatic amines is 1. The molecule has 1 aromatic heterocycles. The maximum absolute atomic E-state index is 12.8. The Balaban J connectivity index is 1.36. The number of carbonyl (C=O) groups is 2. The van der Waals surface area contributed by atoms with Crippen LogP contribution in [0.2, 0.25) is 0 Å². The van der Waals surface area contributed by atoms with Crippen molar-refractivity contribution in [2.75, 3.05) is 13.1 Å². The highest BCUT2D eigenvalue weighted by Gasteiger charge is 2.25. The molecule has 6 nitrogen and oxygen atoms in total. The lowest BCUT2D eigenvalue weighted by atomic mass is 10.0. The normalized spacial score (nSPS) is 15.1. The second-order valence-corrected chi connectivity index (χ2v) is 7.51. The second-order valence-electron chi connectivity index (χ2n) is 6.65. The Morgan fingerprint density at radius 1 is 1.15 bits per heavy atom. The predicted octanol–water partition coefficient (Wildman–Crippen LogP) is 3.36. The van der Waals surface area contributed by atoms with E-state index in [1.165, 1.54) is 0 Å². The van der Waals surface area contributed by atoms with Crippen molar-refractivity contribution >= 4 is 38.8 Å².